The Hall–Kier alpha value is -3.27. The molecule has 6 nitrogen and oxygen atoms in total. The van der Waals surface area contributed by atoms with Crippen molar-refractivity contribution in [1.82, 2.24) is 19.7 Å². The van der Waals surface area contributed by atoms with Gasteiger partial charge in [0.15, 0.2) is 0 Å². The van der Waals surface area contributed by atoms with E-state index in [9.17, 15) is 5.26 Å². The second-order valence-electron chi connectivity index (χ2n) is 7.27. The predicted molar refractivity (Wildman–Crippen MR) is 104 cm³/mol. The third-order valence-electron chi connectivity index (χ3n) is 5.63. The number of aryl methyl sites for hydroxylation is 1. The van der Waals surface area contributed by atoms with Gasteiger partial charge < -0.3 is 5.73 Å². The van der Waals surface area contributed by atoms with E-state index in [0.717, 1.165) is 30.5 Å². The zero-order valence-electron chi connectivity index (χ0n) is 15.9. The zero-order chi connectivity index (χ0) is 19.8. The van der Waals surface area contributed by atoms with Gasteiger partial charge in [0.2, 0.25) is 0 Å². The molecule has 0 bridgehead atoms. The molecule has 2 N–H and O–H groups in total. The Morgan fingerprint density at radius 1 is 1.29 bits per heavy atom. The van der Waals surface area contributed by atoms with E-state index in [4.69, 9.17) is 5.73 Å². The van der Waals surface area contributed by atoms with Crippen molar-refractivity contribution in [3.8, 4) is 17.3 Å². The maximum Gasteiger partial charge on any atom is 0.141 e. The molecule has 0 radical (unpaired) electrons. The number of benzene rings is 1. The molecule has 0 atom stereocenters. The van der Waals surface area contributed by atoms with Crippen molar-refractivity contribution in [2.75, 3.05) is 5.73 Å². The maximum absolute atomic E-state index is 15.7. The van der Waals surface area contributed by atoms with Crippen molar-refractivity contribution < 1.29 is 4.39 Å². The molecule has 0 saturated heterocycles. The number of nitrogen functional groups attached to an aromatic ring is 1. The lowest BCUT2D eigenvalue weighted by Crippen LogP contribution is -2.14. The molecule has 1 aliphatic carbocycles. The van der Waals surface area contributed by atoms with Gasteiger partial charge in [0.1, 0.15) is 17.7 Å². The molecule has 1 saturated carbocycles. The summed E-state index contributed by atoms with van der Waals surface area (Å²) in [5.41, 5.74) is 9.92. The molecule has 0 aliphatic heterocycles. The Balaban J connectivity index is 1.84. The van der Waals surface area contributed by atoms with E-state index in [0.29, 0.717) is 34.0 Å². The monoisotopic (exact) mass is 376 g/mol. The van der Waals surface area contributed by atoms with Crippen LogP contribution in [-0.2, 0) is 13.5 Å². The smallest absolute Gasteiger partial charge is 0.141 e. The number of hydrogen-bond acceptors (Lipinski definition) is 5. The molecule has 2 heterocycles. The van der Waals surface area contributed by atoms with Gasteiger partial charge in [0.25, 0.3) is 0 Å². The first-order valence-corrected chi connectivity index (χ1v) is 9.31. The van der Waals surface area contributed by atoms with E-state index >= 15 is 4.39 Å². The molecule has 0 amide bonds. The highest BCUT2D eigenvalue weighted by molar-refractivity contribution is 5.63. The first-order chi connectivity index (χ1) is 13.5. The number of nitriles is 1. The Labute approximate surface area is 162 Å². The highest BCUT2D eigenvalue weighted by Gasteiger charge is 2.27. The second kappa shape index (κ2) is 7.04. The summed E-state index contributed by atoms with van der Waals surface area (Å²) in [6.45, 7) is 1.85. The van der Waals surface area contributed by atoms with E-state index in [1.807, 2.05) is 13.0 Å². The van der Waals surface area contributed by atoms with Gasteiger partial charge in [0, 0.05) is 19.0 Å². The third-order valence-corrected chi connectivity index (χ3v) is 5.63. The molecule has 142 valence electrons. The van der Waals surface area contributed by atoms with E-state index < -0.39 is 0 Å². The minimum absolute atomic E-state index is 0.276. The van der Waals surface area contributed by atoms with E-state index in [-0.39, 0.29) is 18.1 Å². The summed E-state index contributed by atoms with van der Waals surface area (Å²) in [4.78, 5) is 8.25. The van der Waals surface area contributed by atoms with Crippen LogP contribution in [0.2, 0.25) is 0 Å². The van der Waals surface area contributed by atoms with Gasteiger partial charge in [-0.15, -0.1) is 0 Å². The molecule has 1 aromatic carbocycles. The van der Waals surface area contributed by atoms with E-state index in [1.54, 1.807) is 17.8 Å². The highest BCUT2D eigenvalue weighted by atomic mass is 19.1. The third kappa shape index (κ3) is 3.01. The van der Waals surface area contributed by atoms with Gasteiger partial charge in [-0.2, -0.15) is 10.4 Å². The van der Waals surface area contributed by atoms with Gasteiger partial charge in [-0.1, -0.05) is 12.5 Å². The van der Waals surface area contributed by atoms with Crippen LogP contribution >= 0.6 is 0 Å². The predicted octanol–water partition coefficient (Wildman–Crippen LogP) is 3.64. The maximum atomic E-state index is 15.7. The largest absolute Gasteiger partial charge is 0.382 e. The van der Waals surface area contributed by atoms with Crippen molar-refractivity contribution in [3.63, 3.8) is 0 Å². The SMILES string of the molecule is Cc1c(C#N)c(Cc2c(C3CCC3)ccc(-c3cnc(N)cn3)c2F)nn1C. The highest BCUT2D eigenvalue weighted by Crippen LogP contribution is 2.41. The lowest BCUT2D eigenvalue weighted by molar-refractivity contribution is 0.415. The number of nitrogens with zero attached hydrogens (tertiary/aromatic N) is 5. The normalized spacial score (nSPS) is 13.9. The van der Waals surface area contributed by atoms with Crippen LogP contribution in [0, 0.1) is 24.1 Å². The minimum atomic E-state index is -0.323. The molecule has 0 spiro atoms. The Kier molecular flexibility index (Phi) is 4.55. The molecule has 7 heteroatoms. The summed E-state index contributed by atoms with van der Waals surface area (Å²) in [5.74, 6) is 0.320. The number of nitrogens with two attached hydrogens (primary N) is 1. The van der Waals surface area contributed by atoms with Gasteiger partial charge in [-0.3, -0.25) is 9.67 Å². The minimum Gasteiger partial charge on any atom is -0.382 e. The average molecular weight is 376 g/mol. The summed E-state index contributed by atoms with van der Waals surface area (Å²) >= 11 is 0. The summed E-state index contributed by atoms with van der Waals surface area (Å²) < 4.78 is 17.3. The van der Waals surface area contributed by atoms with Crippen molar-refractivity contribution in [2.45, 2.75) is 38.5 Å². The first kappa shape index (κ1) is 18.1. The molecule has 1 fully saturated rings. The van der Waals surface area contributed by atoms with Gasteiger partial charge >= 0.3 is 0 Å². The van der Waals surface area contributed by atoms with Crippen LogP contribution in [0.25, 0.3) is 11.3 Å². The summed E-state index contributed by atoms with van der Waals surface area (Å²) in [6.07, 6.45) is 6.44. The van der Waals surface area contributed by atoms with Crippen molar-refractivity contribution in [2.24, 2.45) is 7.05 Å². The van der Waals surface area contributed by atoms with Gasteiger partial charge in [0.05, 0.1) is 35.0 Å². The van der Waals surface area contributed by atoms with E-state index in [2.05, 4.69) is 21.1 Å². The van der Waals surface area contributed by atoms with Crippen molar-refractivity contribution >= 4 is 5.82 Å². The number of rotatable bonds is 4. The molecular weight excluding hydrogens is 355 g/mol. The van der Waals surface area contributed by atoms with Crippen molar-refractivity contribution in [3.05, 3.63) is 58.4 Å². The Bertz CT molecular complexity index is 1070. The molecular formula is C21H21FN6. The molecule has 4 rings (SSSR count). The number of halogens is 1. The standard InChI is InChI=1S/C21H21FN6/c1-12-17(9-23)18(27-28(12)2)8-16-14(13-4-3-5-13)6-7-15(21(16)22)19-10-26-20(24)11-25-19/h6-7,10-11,13H,3-5,8H2,1-2H3,(H2,24,26). The number of aromatic nitrogens is 4. The Morgan fingerprint density at radius 3 is 2.68 bits per heavy atom. The summed E-state index contributed by atoms with van der Waals surface area (Å²) in [5, 5.41) is 14.0. The van der Waals surface area contributed by atoms with Gasteiger partial charge in [-0.05, 0) is 42.9 Å². The number of hydrogen-bond donors (Lipinski definition) is 1. The van der Waals surface area contributed by atoms with Crippen LogP contribution in [-0.4, -0.2) is 19.7 Å². The first-order valence-electron chi connectivity index (χ1n) is 9.31. The second-order valence-corrected chi connectivity index (χ2v) is 7.27. The van der Waals surface area contributed by atoms with Crippen LogP contribution in [0.4, 0.5) is 10.2 Å². The van der Waals surface area contributed by atoms with Crippen LogP contribution < -0.4 is 5.73 Å². The fourth-order valence-electron chi connectivity index (χ4n) is 3.71. The molecule has 0 unspecified atom stereocenters. The average Bonchev–Trinajstić information content (AvgIpc) is 2.91. The topological polar surface area (TPSA) is 93.4 Å². The molecule has 28 heavy (non-hydrogen) atoms. The van der Waals surface area contributed by atoms with Crippen LogP contribution in [0.15, 0.2) is 24.5 Å². The van der Waals surface area contributed by atoms with Crippen molar-refractivity contribution in [1.29, 1.82) is 5.26 Å². The summed E-state index contributed by atoms with van der Waals surface area (Å²) in [7, 11) is 1.79. The van der Waals surface area contributed by atoms with Crippen LogP contribution in [0.5, 0.6) is 0 Å². The molecule has 3 aromatic rings. The van der Waals surface area contributed by atoms with Crippen LogP contribution in [0.1, 0.15) is 53.3 Å². The quantitative estimate of drug-likeness (QED) is 0.750. The zero-order valence-corrected chi connectivity index (χ0v) is 15.9. The van der Waals surface area contributed by atoms with Gasteiger partial charge in [-0.25, -0.2) is 9.37 Å². The number of anilines is 1. The van der Waals surface area contributed by atoms with Crippen LogP contribution in [0.3, 0.4) is 0 Å². The summed E-state index contributed by atoms with van der Waals surface area (Å²) in [6, 6.07) is 5.96. The lowest BCUT2D eigenvalue weighted by Gasteiger charge is -2.28. The lowest BCUT2D eigenvalue weighted by atomic mass is 9.77. The molecule has 2 aromatic heterocycles. The fourth-order valence-corrected chi connectivity index (χ4v) is 3.71. The molecule has 1 aliphatic rings. The Morgan fingerprint density at radius 2 is 2.07 bits per heavy atom. The van der Waals surface area contributed by atoms with E-state index in [1.165, 1.54) is 12.4 Å². The fraction of sp³-hybridized carbons (Fsp3) is 0.333.